The number of nitrogens with zero attached hydrogens (tertiary/aromatic N) is 6. The zero-order valence-electron chi connectivity index (χ0n) is 17.8. The smallest absolute Gasteiger partial charge is 0.257 e. The van der Waals surface area contributed by atoms with E-state index in [1.165, 1.54) is 22.7 Å². The van der Waals surface area contributed by atoms with E-state index in [-0.39, 0.29) is 17.0 Å². The third kappa shape index (κ3) is 3.26. The number of halogens is 1. The minimum Gasteiger partial charge on any atom is -0.377 e. The number of aromatic nitrogens is 5. The van der Waals surface area contributed by atoms with Crippen molar-refractivity contribution in [3.63, 3.8) is 0 Å². The lowest BCUT2D eigenvalue weighted by Crippen LogP contribution is -2.44. The highest BCUT2D eigenvalue weighted by Gasteiger charge is 2.27. The maximum absolute atomic E-state index is 13.8. The zero-order valence-corrected chi connectivity index (χ0v) is 18.6. The van der Waals surface area contributed by atoms with Crippen LogP contribution in [0.15, 0.2) is 35.4 Å². The Morgan fingerprint density at radius 2 is 1.97 bits per heavy atom. The third-order valence-corrected chi connectivity index (χ3v) is 6.57. The largest absolute Gasteiger partial charge is 0.377 e. The first-order chi connectivity index (χ1) is 15.3. The molecule has 168 valence electrons. The van der Waals surface area contributed by atoms with Crippen LogP contribution in [0.4, 0.5) is 16.2 Å². The highest BCUT2D eigenvalue weighted by molar-refractivity contribution is 7.90. The minimum absolute atomic E-state index is 0.0317. The molecule has 0 unspecified atom stereocenters. The molecule has 1 N–H and O–H groups in total. The summed E-state index contributed by atoms with van der Waals surface area (Å²) in [5, 5.41) is 7.60. The van der Waals surface area contributed by atoms with Gasteiger partial charge in [-0.15, -0.1) is 5.10 Å². The summed E-state index contributed by atoms with van der Waals surface area (Å²) in [6, 6.07) is 7.52. The maximum Gasteiger partial charge on any atom is 0.257 e. The second-order valence-corrected chi connectivity index (χ2v) is 9.71. The molecule has 1 aliphatic rings. The van der Waals surface area contributed by atoms with Gasteiger partial charge < -0.3 is 15.0 Å². The Kier molecular flexibility index (Phi) is 4.78. The Morgan fingerprint density at radius 3 is 2.69 bits per heavy atom. The van der Waals surface area contributed by atoms with E-state index in [0.29, 0.717) is 48.1 Å². The molecular weight excluding hydrogens is 437 g/mol. The maximum atomic E-state index is 13.8. The summed E-state index contributed by atoms with van der Waals surface area (Å²) in [6.45, 7) is 3.68. The summed E-state index contributed by atoms with van der Waals surface area (Å²) >= 11 is 0. The number of hydrogen-bond donors (Lipinski definition) is 1. The average molecular weight is 460 g/mol. The number of anilines is 2. The molecule has 10 nitrogen and oxygen atoms in total. The number of nitrogens with one attached hydrogen (secondary N) is 1. The van der Waals surface area contributed by atoms with Crippen molar-refractivity contribution >= 4 is 38.2 Å². The van der Waals surface area contributed by atoms with E-state index in [9.17, 15) is 12.8 Å². The predicted molar refractivity (Wildman–Crippen MR) is 118 cm³/mol. The van der Waals surface area contributed by atoms with Crippen molar-refractivity contribution in [2.75, 3.05) is 43.3 Å². The van der Waals surface area contributed by atoms with Crippen LogP contribution < -0.4 is 10.2 Å². The summed E-state index contributed by atoms with van der Waals surface area (Å²) in [5.41, 5.74) is 1.59. The predicted octanol–water partition coefficient (Wildman–Crippen LogP) is 1.88. The second-order valence-electron chi connectivity index (χ2n) is 7.75. The molecule has 4 heterocycles. The Bertz CT molecular complexity index is 1450. The monoisotopic (exact) mass is 459 g/mol. The Morgan fingerprint density at radius 1 is 1.19 bits per heavy atom. The number of rotatable bonds is 4. The number of hydrogen-bond acceptors (Lipinski definition) is 8. The Balaban J connectivity index is 1.84. The van der Waals surface area contributed by atoms with E-state index < -0.39 is 15.7 Å². The normalized spacial score (nSPS) is 17.4. The SMILES string of the molecule is CNc1nc2cc(F)ccc2n1-c1nc(N2CCOC[C@H]2C)c2ccc(S(C)(=O)=O)n2n1. The van der Waals surface area contributed by atoms with Crippen molar-refractivity contribution in [1.82, 2.24) is 24.1 Å². The highest BCUT2D eigenvalue weighted by Crippen LogP contribution is 2.29. The molecule has 32 heavy (non-hydrogen) atoms. The van der Waals surface area contributed by atoms with Gasteiger partial charge in [-0.3, -0.25) is 0 Å². The zero-order chi connectivity index (χ0) is 22.6. The van der Waals surface area contributed by atoms with Gasteiger partial charge in [0.1, 0.15) is 11.3 Å². The highest BCUT2D eigenvalue weighted by atomic mass is 32.2. The lowest BCUT2D eigenvalue weighted by atomic mass is 10.2. The fraction of sp³-hybridized carbons (Fsp3) is 0.350. The van der Waals surface area contributed by atoms with Gasteiger partial charge in [-0.2, -0.15) is 4.98 Å². The fourth-order valence-corrected chi connectivity index (χ4v) is 4.77. The number of benzene rings is 1. The Labute approximate surface area is 183 Å². The lowest BCUT2D eigenvalue weighted by Gasteiger charge is -2.34. The van der Waals surface area contributed by atoms with E-state index >= 15 is 0 Å². The van der Waals surface area contributed by atoms with Crippen LogP contribution in [0.3, 0.4) is 0 Å². The second kappa shape index (κ2) is 7.41. The van der Waals surface area contributed by atoms with Crippen molar-refractivity contribution in [2.24, 2.45) is 0 Å². The van der Waals surface area contributed by atoms with E-state index in [1.807, 2.05) is 6.92 Å². The van der Waals surface area contributed by atoms with Crippen LogP contribution in [0, 0.1) is 5.82 Å². The van der Waals surface area contributed by atoms with Gasteiger partial charge in [-0.25, -0.2) is 26.9 Å². The summed E-state index contributed by atoms with van der Waals surface area (Å²) < 4.78 is 47.3. The molecule has 0 bridgehead atoms. The number of sulfone groups is 1. The molecule has 0 saturated carbocycles. The molecule has 1 atom stereocenters. The summed E-state index contributed by atoms with van der Waals surface area (Å²) in [7, 11) is -1.87. The van der Waals surface area contributed by atoms with Gasteiger partial charge in [0.05, 0.1) is 30.3 Å². The fourth-order valence-electron chi connectivity index (χ4n) is 4.00. The molecule has 0 amide bonds. The number of morpholine rings is 1. The van der Waals surface area contributed by atoms with Crippen molar-refractivity contribution < 1.29 is 17.5 Å². The molecule has 5 rings (SSSR count). The van der Waals surface area contributed by atoms with Gasteiger partial charge in [0.15, 0.2) is 20.7 Å². The molecule has 1 saturated heterocycles. The average Bonchev–Trinajstić information content (AvgIpc) is 3.34. The first kappa shape index (κ1) is 20.6. The first-order valence-electron chi connectivity index (χ1n) is 10.1. The van der Waals surface area contributed by atoms with Crippen molar-refractivity contribution in [3.05, 3.63) is 36.1 Å². The molecule has 1 aromatic carbocycles. The molecule has 0 radical (unpaired) electrons. The molecule has 3 aromatic heterocycles. The van der Waals surface area contributed by atoms with Crippen LogP contribution in [0.2, 0.25) is 0 Å². The van der Waals surface area contributed by atoms with E-state index in [4.69, 9.17) is 9.72 Å². The molecule has 12 heteroatoms. The van der Waals surface area contributed by atoms with Gasteiger partial charge in [-0.05, 0) is 31.2 Å². The van der Waals surface area contributed by atoms with Crippen molar-refractivity contribution in [2.45, 2.75) is 18.0 Å². The van der Waals surface area contributed by atoms with E-state index in [2.05, 4.69) is 20.3 Å². The van der Waals surface area contributed by atoms with Gasteiger partial charge in [0.2, 0.25) is 5.95 Å². The van der Waals surface area contributed by atoms with Gasteiger partial charge in [0.25, 0.3) is 5.95 Å². The lowest BCUT2D eigenvalue weighted by molar-refractivity contribution is 0.0986. The molecule has 0 aliphatic carbocycles. The molecular formula is C20H22FN7O3S. The molecule has 1 aliphatic heterocycles. The van der Waals surface area contributed by atoms with Crippen LogP contribution >= 0.6 is 0 Å². The minimum atomic E-state index is -3.56. The summed E-state index contributed by atoms with van der Waals surface area (Å²) in [5.74, 6) is 0.797. The summed E-state index contributed by atoms with van der Waals surface area (Å²) in [6.07, 6.45) is 1.14. The van der Waals surface area contributed by atoms with Crippen molar-refractivity contribution in [1.29, 1.82) is 0 Å². The van der Waals surface area contributed by atoms with Crippen LogP contribution in [-0.2, 0) is 14.6 Å². The van der Waals surface area contributed by atoms with Crippen molar-refractivity contribution in [3.8, 4) is 5.95 Å². The first-order valence-corrected chi connectivity index (χ1v) is 12.0. The third-order valence-electron chi connectivity index (χ3n) is 5.50. The van der Waals surface area contributed by atoms with E-state index in [0.717, 1.165) is 6.26 Å². The van der Waals surface area contributed by atoms with E-state index in [1.54, 1.807) is 23.7 Å². The standard InChI is InChI=1S/C20H22FN7O3S/c1-12-11-31-9-8-26(12)18-16-6-7-17(32(3,29)30)28(16)25-20(24-18)27-15-5-4-13(21)10-14(15)23-19(27)22-2/h4-7,10,12H,8-9,11H2,1-3H3,(H,22,23)/t12-/m1/s1. The molecule has 4 aromatic rings. The quantitative estimate of drug-likeness (QED) is 0.493. The van der Waals surface area contributed by atoms with Gasteiger partial charge in [-0.1, -0.05) is 0 Å². The Hall–Kier alpha value is -3.25. The van der Waals surface area contributed by atoms with Crippen LogP contribution in [-0.4, -0.2) is 71.7 Å². The van der Waals surface area contributed by atoms with Crippen LogP contribution in [0.1, 0.15) is 6.92 Å². The summed E-state index contributed by atoms with van der Waals surface area (Å²) in [4.78, 5) is 11.3. The van der Waals surface area contributed by atoms with Crippen LogP contribution in [0.25, 0.3) is 22.5 Å². The topological polar surface area (TPSA) is 107 Å². The molecule has 1 fully saturated rings. The molecule has 0 spiro atoms. The number of imidazole rings is 1. The van der Waals surface area contributed by atoms with Gasteiger partial charge in [0, 0.05) is 25.9 Å². The number of ether oxygens (including phenoxy) is 1. The van der Waals surface area contributed by atoms with Gasteiger partial charge >= 0.3 is 0 Å². The van der Waals surface area contributed by atoms with Crippen LogP contribution in [0.5, 0.6) is 0 Å². The number of fused-ring (bicyclic) bond motifs is 2.